The molecule has 2 heteroatoms. The number of nitrogens with zero attached hydrogens (tertiary/aromatic N) is 2. The molecule has 0 atom stereocenters. The van der Waals surface area contributed by atoms with Gasteiger partial charge in [-0.2, -0.15) is 0 Å². The van der Waals surface area contributed by atoms with Crippen molar-refractivity contribution >= 4 is 75.4 Å². The number of benzene rings is 8. The Morgan fingerprint density at radius 1 is 0.259 bits per heavy atom. The molecule has 0 fully saturated rings. The van der Waals surface area contributed by atoms with Gasteiger partial charge in [-0.25, -0.2) is 0 Å². The molecule has 0 aliphatic carbocycles. The van der Waals surface area contributed by atoms with Crippen LogP contribution in [0.4, 0.5) is 0 Å². The summed E-state index contributed by atoms with van der Waals surface area (Å²) in [5, 5.41) is 18.1. The van der Waals surface area contributed by atoms with Crippen molar-refractivity contribution in [3.05, 3.63) is 182 Å². The van der Waals surface area contributed by atoms with E-state index in [1.165, 1.54) is 97.7 Å². The van der Waals surface area contributed by atoms with Crippen molar-refractivity contribution in [1.29, 1.82) is 0 Å². The first-order valence-corrected chi connectivity index (χ1v) is 18.6. The summed E-state index contributed by atoms with van der Waals surface area (Å²) in [5.41, 5.74) is 9.06. The van der Waals surface area contributed by atoms with Crippen LogP contribution < -0.4 is 0 Å². The minimum atomic E-state index is 0.969. The van der Waals surface area contributed by atoms with Crippen LogP contribution in [0.1, 0.15) is 0 Å². The Morgan fingerprint density at radius 3 is 1.37 bits per heavy atom. The second kappa shape index (κ2) is 11.2. The van der Waals surface area contributed by atoms with Crippen molar-refractivity contribution in [2.75, 3.05) is 0 Å². The van der Waals surface area contributed by atoms with Gasteiger partial charge in [-0.15, -0.1) is 0 Å². The van der Waals surface area contributed by atoms with E-state index in [-0.39, 0.29) is 0 Å². The zero-order valence-corrected chi connectivity index (χ0v) is 29.2. The van der Waals surface area contributed by atoms with Crippen LogP contribution in [0.5, 0.6) is 0 Å². The van der Waals surface area contributed by atoms with Gasteiger partial charge in [0.1, 0.15) is 0 Å². The van der Waals surface area contributed by atoms with Gasteiger partial charge in [0.25, 0.3) is 0 Å². The van der Waals surface area contributed by atoms with E-state index in [1.54, 1.807) is 0 Å². The predicted octanol–water partition coefficient (Wildman–Crippen LogP) is 14.1. The monoisotopic (exact) mass is 682 g/mol. The molecule has 0 spiro atoms. The van der Waals surface area contributed by atoms with E-state index in [0.717, 1.165) is 22.5 Å². The lowest BCUT2D eigenvalue weighted by molar-refractivity contribution is 1.33. The summed E-state index contributed by atoms with van der Waals surface area (Å²) < 4.78 is 0. The molecule has 0 saturated heterocycles. The molecule has 2 nitrogen and oxygen atoms in total. The van der Waals surface area contributed by atoms with Crippen LogP contribution in [0.25, 0.3) is 120 Å². The quantitative estimate of drug-likeness (QED) is 0.173. The topological polar surface area (TPSA) is 25.8 Å². The van der Waals surface area contributed by atoms with E-state index < -0.39 is 0 Å². The van der Waals surface area contributed by atoms with Gasteiger partial charge in [0.15, 0.2) is 0 Å². The van der Waals surface area contributed by atoms with Crippen LogP contribution >= 0.6 is 0 Å². The summed E-state index contributed by atoms with van der Waals surface area (Å²) in [5.74, 6) is 0. The zero-order valence-electron chi connectivity index (χ0n) is 29.2. The van der Waals surface area contributed by atoms with Gasteiger partial charge in [0.05, 0.1) is 11.4 Å². The molecular formula is C52H30N2. The fourth-order valence-corrected chi connectivity index (χ4v) is 9.47. The molecular weight excluding hydrogens is 653 g/mol. The Morgan fingerprint density at radius 2 is 0.741 bits per heavy atom. The second-order valence-electron chi connectivity index (χ2n) is 14.4. The van der Waals surface area contributed by atoms with E-state index in [2.05, 4.69) is 158 Å². The highest BCUT2D eigenvalue weighted by Crippen LogP contribution is 2.54. The largest absolute Gasteiger partial charge is 0.256 e. The molecule has 12 rings (SSSR count). The fourth-order valence-electron chi connectivity index (χ4n) is 9.47. The molecule has 2 aromatic heterocycles. The predicted molar refractivity (Wildman–Crippen MR) is 229 cm³/mol. The first-order valence-electron chi connectivity index (χ1n) is 18.6. The maximum atomic E-state index is 4.77. The molecule has 54 heavy (non-hydrogen) atoms. The summed E-state index contributed by atoms with van der Waals surface area (Å²) >= 11 is 0. The van der Waals surface area contributed by atoms with Gasteiger partial charge in [-0.05, 0) is 140 Å². The maximum Gasteiger partial charge on any atom is 0.0702 e. The molecule has 0 saturated carbocycles. The molecule has 248 valence electrons. The maximum absolute atomic E-state index is 4.77. The zero-order chi connectivity index (χ0) is 35.3. The normalized spacial score (nSPS) is 12.1. The average molecular weight is 683 g/mol. The molecule has 12 aromatic rings. The van der Waals surface area contributed by atoms with Crippen molar-refractivity contribution in [3.8, 4) is 44.8 Å². The Kier molecular flexibility index (Phi) is 6.09. The van der Waals surface area contributed by atoms with E-state index in [9.17, 15) is 0 Å². The standard InChI is InChI=1S/C52H30N2/c1-2-19-37-36(18-1)38-20-11-23-41-49(38)42(37)30-43-47(34-16-7-14-32(28-34)44-24-3-5-26-53-44)51-39-21-9-12-31-13-10-22-40(46(31)39)52(51)48(50(41)43)35-17-8-15-33(29-35)45-25-4-6-27-54-45/h1-30H. The first kappa shape index (κ1) is 29.4. The lowest BCUT2D eigenvalue weighted by Gasteiger charge is -2.20. The highest BCUT2D eigenvalue weighted by Gasteiger charge is 2.26. The van der Waals surface area contributed by atoms with Crippen LogP contribution in [0, 0.1) is 0 Å². The van der Waals surface area contributed by atoms with E-state index >= 15 is 0 Å². The third-order valence-electron chi connectivity index (χ3n) is 11.6. The molecule has 0 N–H and O–H groups in total. The number of pyridine rings is 2. The molecule has 0 bridgehead atoms. The summed E-state index contributed by atoms with van der Waals surface area (Å²) in [6.07, 6.45) is 3.76. The van der Waals surface area contributed by atoms with Gasteiger partial charge < -0.3 is 0 Å². The number of aromatic nitrogens is 2. The lowest BCUT2D eigenvalue weighted by Crippen LogP contribution is -1.92. The lowest BCUT2D eigenvalue weighted by atomic mass is 9.83. The third kappa shape index (κ3) is 4.05. The van der Waals surface area contributed by atoms with Gasteiger partial charge in [-0.3, -0.25) is 9.97 Å². The number of fused-ring (bicyclic) bond motifs is 8. The van der Waals surface area contributed by atoms with Crippen molar-refractivity contribution in [2.45, 2.75) is 0 Å². The minimum absolute atomic E-state index is 0.969. The third-order valence-corrected chi connectivity index (χ3v) is 11.6. The van der Waals surface area contributed by atoms with Crippen molar-refractivity contribution in [1.82, 2.24) is 9.97 Å². The van der Waals surface area contributed by atoms with Gasteiger partial charge >= 0.3 is 0 Å². The van der Waals surface area contributed by atoms with Crippen LogP contribution in [-0.4, -0.2) is 9.97 Å². The minimum Gasteiger partial charge on any atom is -0.256 e. The number of hydrogen-bond acceptors (Lipinski definition) is 2. The van der Waals surface area contributed by atoms with E-state index in [0.29, 0.717) is 0 Å². The Balaban J connectivity index is 1.36. The van der Waals surface area contributed by atoms with Gasteiger partial charge in [-0.1, -0.05) is 127 Å². The molecule has 0 unspecified atom stereocenters. The van der Waals surface area contributed by atoms with E-state index in [1.807, 2.05) is 24.5 Å². The highest BCUT2D eigenvalue weighted by atomic mass is 14.7. The van der Waals surface area contributed by atoms with Crippen LogP contribution in [0.15, 0.2) is 182 Å². The van der Waals surface area contributed by atoms with Crippen molar-refractivity contribution in [3.63, 3.8) is 0 Å². The Bertz CT molecular complexity index is 3420. The van der Waals surface area contributed by atoms with Crippen LogP contribution in [0.2, 0.25) is 0 Å². The highest BCUT2D eigenvalue weighted by molar-refractivity contribution is 6.44. The average Bonchev–Trinajstić information content (AvgIpc) is 3.75. The second-order valence-corrected chi connectivity index (χ2v) is 14.4. The molecule has 0 aliphatic rings. The summed E-state index contributed by atoms with van der Waals surface area (Å²) in [7, 11) is 0. The van der Waals surface area contributed by atoms with Crippen molar-refractivity contribution < 1.29 is 0 Å². The van der Waals surface area contributed by atoms with Crippen LogP contribution in [0.3, 0.4) is 0 Å². The fraction of sp³-hybridized carbons (Fsp3) is 0. The molecule has 2 heterocycles. The summed E-state index contributed by atoms with van der Waals surface area (Å²) in [6, 6.07) is 62.2. The SMILES string of the molecule is c1ccc(-c2cccc(-c3c4cc5c6ccccc6c6cccc(c4c(-c4cccc(-c7ccccn7)c4)c4c7cccc8cccc(c34)c87)c65)c2)nc1. The molecule has 0 aliphatic heterocycles. The Labute approximate surface area is 311 Å². The molecule has 10 aromatic carbocycles. The van der Waals surface area contributed by atoms with Gasteiger partial charge in [0, 0.05) is 23.5 Å². The summed E-state index contributed by atoms with van der Waals surface area (Å²) in [6.45, 7) is 0. The molecule has 0 amide bonds. The number of hydrogen-bond donors (Lipinski definition) is 0. The summed E-state index contributed by atoms with van der Waals surface area (Å²) in [4.78, 5) is 9.53. The van der Waals surface area contributed by atoms with E-state index in [4.69, 9.17) is 9.97 Å². The van der Waals surface area contributed by atoms with Crippen LogP contribution in [-0.2, 0) is 0 Å². The first-order chi connectivity index (χ1) is 26.8. The van der Waals surface area contributed by atoms with Crippen molar-refractivity contribution in [2.24, 2.45) is 0 Å². The Hall–Kier alpha value is -7.16. The smallest absolute Gasteiger partial charge is 0.0702 e. The molecule has 0 radical (unpaired) electrons. The number of rotatable bonds is 4. The van der Waals surface area contributed by atoms with Gasteiger partial charge in [0.2, 0.25) is 0 Å².